The minimum absolute atomic E-state index is 0.0189. The van der Waals surface area contributed by atoms with E-state index in [1.807, 2.05) is 11.0 Å². The molecule has 31 heavy (non-hydrogen) atoms. The highest BCUT2D eigenvalue weighted by atomic mass is 32.1. The van der Waals surface area contributed by atoms with Crippen LogP contribution in [0.4, 0.5) is 5.82 Å². The van der Waals surface area contributed by atoms with Crippen LogP contribution in [0.5, 0.6) is 5.75 Å². The topological polar surface area (TPSA) is 87.3 Å². The lowest BCUT2D eigenvalue weighted by molar-refractivity contribution is 0.0737. The van der Waals surface area contributed by atoms with Gasteiger partial charge in [-0.25, -0.2) is 0 Å². The number of methoxy groups -OCH3 is 1. The molecule has 0 saturated carbocycles. The first-order chi connectivity index (χ1) is 15.1. The molecule has 0 bridgehead atoms. The molecule has 0 unspecified atom stereocenters. The lowest BCUT2D eigenvalue weighted by atomic mass is 10.1. The second-order valence-electron chi connectivity index (χ2n) is 7.36. The molecule has 2 aromatic heterocycles. The van der Waals surface area contributed by atoms with Crippen molar-refractivity contribution in [3.05, 3.63) is 75.5 Å². The molecule has 1 aliphatic rings. The molecular formula is C23H20N4O3S. The van der Waals surface area contributed by atoms with Crippen molar-refractivity contribution in [1.82, 2.24) is 15.1 Å². The fourth-order valence-electron chi connectivity index (χ4n) is 3.76. The van der Waals surface area contributed by atoms with E-state index in [1.165, 1.54) is 10.4 Å². The van der Waals surface area contributed by atoms with Crippen molar-refractivity contribution in [2.75, 3.05) is 19.0 Å². The second-order valence-corrected chi connectivity index (χ2v) is 8.36. The Bertz CT molecular complexity index is 1280. The van der Waals surface area contributed by atoms with Gasteiger partial charge in [-0.1, -0.05) is 0 Å². The molecule has 0 aliphatic carbocycles. The van der Waals surface area contributed by atoms with Crippen molar-refractivity contribution in [3.8, 4) is 5.75 Å². The number of anilines is 1. The molecule has 1 aliphatic heterocycles. The summed E-state index contributed by atoms with van der Waals surface area (Å²) in [5.74, 6) is 0.769. The van der Waals surface area contributed by atoms with Gasteiger partial charge < -0.3 is 15.0 Å². The number of fused-ring (bicyclic) bond motifs is 2. The average Bonchev–Trinajstić information content (AvgIpc) is 3.44. The minimum atomic E-state index is -0.283. The molecule has 0 radical (unpaired) electrons. The van der Waals surface area contributed by atoms with Crippen molar-refractivity contribution in [3.63, 3.8) is 0 Å². The van der Waals surface area contributed by atoms with Crippen LogP contribution in [0.2, 0.25) is 0 Å². The van der Waals surface area contributed by atoms with Crippen LogP contribution in [0.3, 0.4) is 0 Å². The number of ether oxygens (including phenoxy) is 1. The predicted octanol–water partition coefficient (Wildman–Crippen LogP) is 4.08. The van der Waals surface area contributed by atoms with Crippen LogP contribution in [-0.4, -0.2) is 40.6 Å². The molecular weight excluding hydrogens is 412 g/mol. The summed E-state index contributed by atoms with van der Waals surface area (Å²) in [5.41, 5.74) is 3.15. The fourth-order valence-corrected chi connectivity index (χ4v) is 4.71. The Morgan fingerprint density at radius 3 is 2.74 bits per heavy atom. The van der Waals surface area contributed by atoms with E-state index in [0.717, 1.165) is 11.9 Å². The standard InChI is InChI=1S/C23H20N4O3S/c1-30-17-5-2-15(3-6-17)22(28)24-21-18-12-16(4-7-19(18)25-26-21)23(29)27-10-8-14-9-11-31-20(14)13-27/h2-7,9,11-12H,8,10,13H2,1H3,(H2,24,25,26,28). The van der Waals surface area contributed by atoms with E-state index in [1.54, 1.807) is 54.8 Å². The van der Waals surface area contributed by atoms with Gasteiger partial charge in [0.25, 0.3) is 11.8 Å². The normalized spacial score (nSPS) is 13.1. The van der Waals surface area contributed by atoms with E-state index in [-0.39, 0.29) is 11.8 Å². The van der Waals surface area contributed by atoms with Gasteiger partial charge in [0.2, 0.25) is 0 Å². The molecule has 7 nitrogen and oxygen atoms in total. The van der Waals surface area contributed by atoms with Gasteiger partial charge in [-0.2, -0.15) is 5.10 Å². The number of benzene rings is 2. The zero-order valence-corrected chi connectivity index (χ0v) is 17.7. The second kappa shape index (κ2) is 7.88. The van der Waals surface area contributed by atoms with E-state index >= 15 is 0 Å². The SMILES string of the molecule is COc1ccc(C(=O)Nc2n[nH]c3ccc(C(=O)N4CCc5ccsc5C4)cc23)cc1. The smallest absolute Gasteiger partial charge is 0.256 e. The van der Waals surface area contributed by atoms with Crippen molar-refractivity contribution in [2.45, 2.75) is 13.0 Å². The number of hydrogen-bond donors (Lipinski definition) is 2. The lowest BCUT2D eigenvalue weighted by Gasteiger charge is -2.27. The predicted molar refractivity (Wildman–Crippen MR) is 120 cm³/mol. The van der Waals surface area contributed by atoms with E-state index < -0.39 is 0 Å². The molecule has 2 amide bonds. The third kappa shape index (κ3) is 3.66. The number of aromatic amines is 1. The Labute approximate surface area is 182 Å². The molecule has 8 heteroatoms. The van der Waals surface area contributed by atoms with Crippen LogP contribution in [0.25, 0.3) is 10.9 Å². The number of hydrogen-bond acceptors (Lipinski definition) is 5. The Hall–Kier alpha value is -3.65. The van der Waals surface area contributed by atoms with E-state index in [4.69, 9.17) is 4.74 Å². The monoisotopic (exact) mass is 432 g/mol. The van der Waals surface area contributed by atoms with Crippen molar-refractivity contribution < 1.29 is 14.3 Å². The van der Waals surface area contributed by atoms with Gasteiger partial charge in [0.1, 0.15) is 5.75 Å². The molecule has 0 fully saturated rings. The maximum absolute atomic E-state index is 13.1. The summed E-state index contributed by atoms with van der Waals surface area (Å²) in [6, 6.07) is 14.4. The highest BCUT2D eigenvalue weighted by Gasteiger charge is 2.23. The first kappa shape index (κ1) is 19.3. The molecule has 0 atom stereocenters. The Morgan fingerprint density at radius 2 is 1.94 bits per heavy atom. The molecule has 5 rings (SSSR count). The van der Waals surface area contributed by atoms with Crippen LogP contribution in [0, 0.1) is 0 Å². The van der Waals surface area contributed by atoms with Gasteiger partial charge in [-0.15, -0.1) is 11.3 Å². The van der Waals surface area contributed by atoms with Crippen LogP contribution in [0.15, 0.2) is 53.9 Å². The van der Waals surface area contributed by atoms with Crippen LogP contribution in [-0.2, 0) is 13.0 Å². The summed E-state index contributed by atoms with van der Waals surface area (Å²) in [6.45, 7) is 1.34. The molecule has 2 N–H and O–H groups in total. The summed E-state index contributed by atoms with van der Waals surface area (Å²) in [7, 11) is 1.58. The first-order valence-electron chi connectivity index (χ1n) is 9.90. The average molecular weight is 433 g/mol. The van der Waals surface area contributed by atoms with Crippen LogP contribution < -0.4 is 10.1 Å². The van der Waals surface area contributed by atoms with E-state index in [2.05, 4.69) is 27.0 Å². The van der Waals surface area contributed by atoms with Crippen molar-refractivity contribution >= 4 is 39.9 Å². The first-order valence-corrected chi connectivity index (χ1v) is 10.8. The number of carbonyl (C=O) groups excluding carboxylic acids is 2. The molecule has 156 valence electrons. The van der Waals surface area contributed by atoms with E-state index in [9.17, 15) is 9.59 Å². The summed E-state index contributed by atoms with van der Waals surface area (Å²) in [6.07, 6.45) is 0.877. The summed E-state index contributed by atoms with van der Waals surface area (Å²) in [5, 5.41) is 12.7. The number of amides is 2. The van der Waals surface area contributed by atoms with Gasteiger partial charge in [0, 0.05) is 27.9 Å². The summed E-state index contributed by atoms with van der Waals surface area (Å²) in [4.78, 5) is 28.9. The maximum atomic E-state index is 13.1. The van der Waals surface area contributed by atoms with Gasteiger partial charge in [0.05, 0.1) is 19.2 Å². The van der Waals surface area contributed by atoms with Gasteiger partial charge in [-0.3, -0.25) is 14.7 Å². The van der Waals surface area contributed by atoms with Gasteiger partial charge >= 0.3 is 0 Å². The summed E-state index contributed by atoms with van der Waals surface area (Å²) >= 11 is 1.69. The third-order valence-corrected chi connectivity index (χ3v) is 6.45. The number of H-pyrrole nitrogens is 1. The quantitative estimate of drug-likeness (QED) is 0.509. The number of carbonyl (C=O) groups is 2. The van der Waals surface area contributed by atoms with E-state index in [0.29, 0.717) is 41.2 Å². The number of aromatic nitrogens is 2. The van der Waals surface area contributed by atoms with Gasteiger partial charge in [-0.05, 0) is 65.9 Å². The molecule has 3 heterocycles. The minimum Gasteiger partial charge on any atom is -0.497 e. The van der Waals surface area contributed by atoms with Crippen molar-refractivity contribution in [1.29, 1.82) is 0 Å². The van der Waals surface area contributed by atoms with Gasteiger partial charge in [0.15, 0.2) is 5.82 Å². The largest absolute Gasteiger partial charge is 0.497 e. The molecule has 2 aromatic carbocycles. The molecule has 0 saturated heterocycles. The zero-order valence-electron chi connectivity index (χ0n) is 16.8. The van der Waals surface area contributed by atoms with Crippen molar-refractivity contribution in [2.24, 2.45) is 0 Å². The maximum Gasteiger partial charge on any atom is 0.256 e. The lowest BCUT2D eigenvalue weighted by Crippen LogP contribution is -2.35. The molecule has 4 aromatic rings. The number of nitrogens with zero attached hydrogens (tertiary/aromatic N) is 2. The molecule has 0 spiro atoms. The highest BCUT2D eigenvalue weighted by Crippen LogP contribution is 2.27. The summed E-state index contributed by atoms with van der Waals surface area (Å²) < 4.78 is 5.13. The third-order valence-electron chi connectivity index (χ3n) is 5.50. The number of rotatable bonds is 4. The number of nitrogens with one attached hydrogen (secondary N) is 2. The van der Waals surface area contributed by atoms with Crippen LogP contribution in [0.1, 0.15) is 31.2 Å². The Kier molecular flexibility index (Phi) is 4.91. The van der Waals surface area contributed by atoms with Crippen LogP contribution >= 0.6 is 11.3 Å². The Morgan fingerprint density at radius 1 is 1.13 bits per heavy atom. The Balaban J connectivity index is 1.38. The highest BCUT2D eigenvalue weighted by molar-refractivity contribution is 7.10. The zero-order chi connectivity index (χ0) is 21.4. The number of thiophene rings is 1. The fraction of sp³-hybridized carbons (Fsp3) is 0.174.